The van der Waals surface area contributed by atoms with Gasteiger partial charge in [-0.2, -0.15) is 5.26 Å². The number of fused-ring (bicyclic) bond motifs is 1. The summed E-state index contributed by atoms with van der Waals surface area (Å²) in [6.07, 6.45) is 0. The SMILES string of the molecule is COc1ccc(C(=O)Oc2ccc3c(c2)OC(N)=C(C#N)C3c2ccc(OCc3ccc(Cl)cc3Cl)cc2)cc1Cl. The minimum absolute atomic E-state index is 0.0341. The van der Waals surface area contributed by atoms with E-state index in [0.717, 1.165) is 11.1 Å². The second-order valence-corrected chi connectivity index (χ2v) is 10.2. The molecule has 0 radical (unpaired) electrons. The van der Waals surface area contributed by atoms with Gasteiger partial charge in [0.15, 0.2) is 0 Å². The average molecular weight is 608 g/mol. The summed E-state index contributed by atoms with van der Waals surface area (Å²) in [5.74, 6) is 0.501. The first kappa shape index (κ1) is 28.2. The molecule has 10 heteroatoms. The van der Waals surface area contributed by atoms with E-state index >= 15 is 0 Å². The van der Waals surface area contributed by atoms with E-state index in [0.29, 0.717) is 32.9 Å². The Kier molecular flexibility index (Phi) is 8.27. The number of benzene rings is 4. The number of carbonyl (C=O) groups is 1. The zero-order valence-electron chi connectivity index (χ0n) is 21.5. The van der Waals surface area contributed by atoms with E-state index in [9.17, 15) is 10.1 Å². The van der Waals surface area contributed by atoms with E-state index < -0.39 is 11.9 Å². The third-order valence-corrected chi connectivity index (χ3v) is 7.29. The van der Waals surface area contributed by atoms with Gasteiger partial charge in [0.2, 0.25) is 5.88 Å². The average Bonchev–Trinajstić information content (AvgIpc) is 2.96. The molecule has 4 aromatic rings. The van der Waals surface area contributed by atoms with Crippen LogP contribution in [0.3, 0.4) is 0 Å². The maximum absolute atomic E-state index is 12.7. The largest absolute Gasteiger partial charge is 0.495 e. The lowest BCUT2D eigenvalue weighted by molar-refractivity contribution is 0.0734. The number of methoxy groups -OCH3 is 1. The Balaban J connectivity index is 1.36. The summed E-state index contributed by atoms with van der Waals surface area (Å²) in [6, 6.07) is 24.2. The number of nitrogens with zero attached hydrogens (tertiary/aromatic N) is 1. The molecule has 0 aromatic heterocycles. The monoisotopic (exact) mass is 606 g/mol. The van der Waals surface area contributed by atoms with Crippen LogP contribution in [0.1, 0.15) is 33.0 Å². The van der Waals surface area contributed by atoms with Crippen molar-refractivity contribution in [2.75, 3.05) is 7.11 Å². The van der Waals surface area contributed by atoms with Crippen LogP contribution in [0.4, 0.5) is 0 Å². The van der Waals surface area contributed by atoms with Crippen LogP contribution in [0.15, 0.2) is 90.3 Å². The first-order valence-corrected chi connectivity index (χ1v) is 13.3. The van der Waals surface area contributed by atoms with Crippen molar-refractivity contribution in [3.63, 3.8) is 0 Å². The maximum atomic E-state index is 12.7. The van der Waals surface area contributed by atoms with Crippen LogP contribution in [0.25, 0.3) is 0 Å². The van der Waals surface area contributed by atoms with Gasteiger partial charge in [-0.15, -0.1) is 0 Å². The highest BCUT2D eigenvalue weighted by Gasteiger charge is 2.31. The molecule has 1 aliphatic heterocycles. The van der Waals surface area contributed by atoms with Crippen LogP contribution >= 0.6 is 34.8 Å². The number of halogens is 3. The van der Waals surface area contributed by atoms with Crippen molar-refractivity contribution in [2.45, 2.75) is 12.5 Å². The van der Waals surface area contributed by atoms with Gasteiger partial charge in [-0.05, 0) is 54.1 Å². The highest BCUT2D eigenvalue weighted by Crippen LogP contribution is 2.44. The van der Waals surface area contributed by atoms with Gasteiger partial charge in [-0.3, -0.25) is 0 Å². The minimum atomic E-state index is -0.612. The Morgan fingerprint density at radius 2 is 1.71 bits per heavy atom. The molecule has 0 aliphatic carbocycles. The molecule has 7 nitrogen and oxygen atoms in total. The van der Waals surface area contributed by atoms with Gasteiger partial charge in [0.1, 0.15) is 41.2 Å². The number of carbonyl (C=O) groups excluding carboxylic acids is 1. The first-order chi connectivity index (χ1) is 19.8. The van der Waals surface area contributed by atoms with E-state index in [2.05, 4.69) is 6.07 Å². The molecular weight excluding hydrogens is 587 g/mol. The number of hydrogen-bond acceptors (Lipinski definition) is 7. The Morgan fingerprint density at radius 1 is 0.951 bits per heavy atom. The number of nitriles is 1. The quantitative estimate of drug-likeness (QED) is 0.170. The van der Waals surface area contributed by atoms with Crippen molar-refractivity contribution in [2.24, 2.45) is 5.73 Å². The Labute approximate surface area is 251 Å². The Morgan fingerprint density at radius 3 is 2.39 bits per heavy atom. The molecule has 5 rings (SSSR count). The lowest BCUT2D eigenvalue weighted by Gasteiger charge is -2.27. The smallest absolute Gasteiger partial charge is 0.343 e. The zero-order valence-corrected chi connectivity index (χ0v) is 23.8. The molecule has 1 aliphatic rings. The molecule has 0 amide bonds. The van der Waals surface area contributed by atoms with Crippen molar-refractivity contribution in [3.8, 4) is 29.1 Å². The zero-order chi connectivity index (χ0) is 29.1. The summed E-state index contributed by atoms with van der Waals surface area (Å²) in [5, 5.41) is 11.2. The summed E-state index contributed by atoms with van der Waals surface area (Å²) < 4.78 is 22.3. The predicted octanol–water partition coefficient (Wildman–Crippen LogP) is 7.67. The van der Waals surface area contributed by atoms with Gasteiger partial charge in [0.25, 0.3) is 0 Å². The molecule has 41 heavy (non-hydrogen) atoms. The number of nitrogens with two attached hydrogens (primary N) is 1. The van der Waals surface area contributed by atoms with Crippen LogP contribution in [-0.2, 0) is 6.61 Å². The van der Waals surface area contributed by atoms with Crippen molar-refractivity contribution in [1.82, 2.24) is 0 Å². The van der Waals surface area contributed by atoms with Gasteiger partial charge in [-0.25, -0.2) is 4.79 Å². The molecule has 2 N–H and O–H groups in total. The van der Waals surface area contributed by atoms with Crippen LogP contribution in [-0.4, -0.2) is 13.1 Å². The molecule has 206 valence electrons. The fraction of sp³-hybridized carbons (Fsp3) is 0.0968. The second kappa shape index (κ2) is 12.0. The van der Waals surface area contributed by atoms with Crippen LogP contribution in [0.5, 0.6) is 23.0 Å². The van der Waals surface area contributed by atoms with Gasteiger partial charge < -0.3 is 24.7 Å². The van der Waals surface area contributed by atoms with Crippen LogP contribution < -0.4 is 24.7 Å². The molecule has 0 spiro atoms. The van der Waals surface area contributed by atoms with Gasteiger partial charge in [0.05, 0.1) is 23.6 Å². The lowest BCUT2D eigenvalue weighted by atomic mass is 9.83. The molecule has 1 atom stereocenters. The minimum Gasteiger partial charge on any atom is -0.495 e. The summed E-state index contributed by atoms with van der Waals surface area (Å²) in [4.78, 5) is 12.7. The van der Waals surface area contributed by atoms with Crippen molar-refractivity contribution in [3.05, 3.63) is 128 Å². The van der Waals surface area contributed by atoms with Gasteiger partial charge >= 0.3 is 5.97 Å². The number of allylic oxidation sites excluding steroid dienone is 1. The topological polar surface area (TPSA) is 104 Å². The lowest BCUT2D eigenvalue weighted by Crippen LogP contribution is -2.21. The van der Waals surface area contributed by atoms with Gasteiger partial charge in [-0.1, -0.05) is 59.1 Å². The summed E-state index contributed by atoms with van der Waals surface area (Å²) in [5.41, 5.74) is 8.93. The number of rotatable bonds is 7. The molecule has 4 aromatic carbocycles. The van der Waals surface area contributed by atoms with Crippen molar-refractivity contribution < 1.29 is 23.7 Å². The van der Waals surface area contributed by atoms with E-state index in [4.69, 9.17) is 59.5 Å². The van der Waals surface area contributed by atoms with Gasteiger partial charge in [0, 0.05) is 27.2 Å². The van der Waals surface area contributed by atoms with E-state index in [1.54, 1.807) is 54.6 Å². The number of hydrogen-bond donors (Lipinski definition) is 1. The molecule has 0 fully saturated rings. The fourth-order valence-electron chi connectivity index (χ4n) is 4.36. The molecule has 0 bridgehead atoms. The summed E-state index contributed by atoms with van der Waals surface area (Å²) >= 11 is 18.3. The third-order valence-electron chi connectivity index (χ3n) is 6.41. The van der Waals surface area contributed by atoms with Crippen LogP contribution in [0.2, 0.25) is 15.1 Å². The molecule has 0 saturated heterocycles. The molecule has 1 unspecified atom stereocenters. The van der Waals surface area contributed by atoms with E-state index in [-0.39, 0.29) is 34.4 Å². The van der Waals surface area contributed by atoms with Crippen molar-refractivity contribution >= 4 is 40.8 Å². The molecule has 1 heterocycles. The number of esters is 1. The fourth-order valence-corrected chi connectivity index (χ4v) is 5.08. The molecular formula is C31H21Cl3N2O5. The predicted molar refractivity (Wildman–Crippen MR) is 156 cm³/mol. The highest BCUT2D eigenvalue weighted by molar-refractivity contribution is 6.35. The highest BCUT2D eigenvalue weighted by atomic mass is 35.5. The summed E-state index contributed by atoms with van der Waals surface area (Å²) in [7, 11) is 1.49. The second-order valence-electron chi connectivity index (χ2n) is 8.96. The van der Waals surface area contributed by atoms with Crippen molar-refractivity contribution in [1.29, 1.82) is 5.26 Å². The maximum Gasteiger partial charge on any atom is 0.343 e. The molecule has 0 saturated carbocycles. The van der Waals surface area contributed by atoms with E-state index in [1.807, 2.05) is 18.2 Å². The standard InChI is InChI=1S/C31H21Cl3N2O5/c1-38-27-11-5-18(12-26(27)34)31(37)40-22-9-10-23-28(14-22)41-30(36)24(15-35)29(23)17-3-7-21(8-4-17)39-16-19-2-6-20(32)13-25(19)33/h2-14,29H,16,36H2,1H3. The normalized spacial score (nSPS) is 14.0. The van der Waals surface area contributed by atoms with Crippen LogP contribution in [0, 0.1) is 11.3 Å². The number of ether oxygens (including phenoxy) is 4. The third kappa shape index (κ3) is 6.06. The Hall–Kier alpha value is -4.35. The summed E-state index contributed by atoms with van der Waals surface area (Å²) in [6.45, 7) is 0.260. The Bertz CT molecular complexity index is 1710. The first-order valence-electron chi connectivity index (χ1n) is 12.2. The van der Waals surface area contributed by atoms with E-state index in [1.165, 1.54) is 13.2 Å².